The van der Waals surface area contributed by atoms with E-state index in [1.807, 2.05) is 14.1 Å². The first-order valence-corrected chi connectivity index (χ1v) is 11.8. The molecular weight excluding hydrogens is 352 g/mol. The number of hydrogen-bond acceptors (Lipinski definition) is 4. The Morgan fingerprint density at radius 1 is 0.885 bits per heavy atom. The molecule has 0 aromatic carbocycles. The first-order valence-electron chi connectivity index (χ1n) is 10.2. The van der Waals surface area contributed by atoms with Crippen molar-refractivity contribution < 1.29 is 22.2 Å². The van der Waals surface area contributed by atoms with E-state index in [0.29, 0.717) is 30.4 Å². The van der Waals surface area contributed by atoms with Crippen molar-refractivity contribution in [3.05, 3.63) is 0 Å². The maximum absolute atomic E-state index is 11.8. The first-order chi connectivity index (χ1) is 12.2. The van der Waals surface area contributed by atoms with Crippen LogP contribution in [-0.4, -0.2) is 62.8 Å². The highest BCUT2D eigenvalue weighted by Crippen LogP contribution is 2.10. The van der Waals surface area contributed by atoms with Crippen molar-refractivity contribution in [2.45, 2.75) is 77.6 Å². The quantitative estimate of drug-likeness (QED) is 0.234. The molecule has 0 saturated heterocycles. The van der Waals surface area contributed by atoms with Crippen LogP contribution in [0.25, 0.3) is 0 Å². The lowest BCUT2D eigenvalue weighted by Gasteiger charge is -2.30. The Hall–Kier alpha value is -0.660. The molecule has 0 aromatic heterocycles. The van der Waals surface area contributed by atoms with Gasteiger partial charge in [0.05, 0.1) is 43.8 Å². The minimum Gasteiger partial charge on any atom is -0.748 e. The van der Waals surface area contributed by atoms with E-state index in [1.54, 1.807) is 0 Å². The molecule has 1 amide bonds. The van der Waals surface area contributed by atoms with Gasteiger partial charge < -0.3 is 14.4 Å². The van der Waals surface area contributed by atoms with E-state index in [0.717, 1.165) is 19.4 Å². The van der Waals surface area contributed by atoms with Gasteiger partial charge in [0.1, 0.15) is 0 Å². The van der Waals surface area contributed by atoms with Gasteiger partial charge in [-0.3, -0.25) is 4.79 Å². The van der Waals surface area contributed by atoms with Crippen LogP contribution in [0.2, 0.25) is 0 Å². The molecule has 6 nitrogen and oxygen atoms in total. The van der Waals surface area contributed by atoms with Crippen LogP contribution in [0.5, 0.6) is 0 Å². The Labute approximate surface area is 161 Å². The van der Waals surface area contributed by atoms with Crippen LogP contribution in [0.4, 0.5) is 0 Å². The number of unbranched alkanes of at least 4 members (excludes halogenated alkanes) is 8. The van der Waals surface area contributed by atoms with Gasteiger partial charge in [-0.1, -0.05) is 58.3 Å². The molecular formula is C19H40N2O4S. The van der Waals surface area contributed by atoms with Crippen molar-refractivity contribution in [1.82, 2.24) is 5.32 Å². The van der Waals surface area contributed by atoms with Crippen molar-refractivity contribution in [2.75, 3.05) is 39.5 Å². The summed E-state index contributed by atoms with van der Waals surface area (Å²) in [6.45, 7) is 4.14. The SMILES string of the molecule is CCCCCCCCCCCC(=O)NCC[N+](C)(C)CCCS(=O)(=O)[O-]. The Kier molecular flexibility index (Phi) is 14.0. The molecule has 0 bridgehead atoms. The van der Waals surface area contributed by atoms with Crippen LogP contribution < -0.4 is 5.32 Å². The summed E-state index contributed by atoms with van der Waals surface area (Å²) >= 11 is 0. The lowest BCUT2D eigenvalue weighted by Crippen LogP contribution is -2.46. The Morgan fingerprint density at radius 3 is 1.96 bits per heavy atom. The average Bonchev–Trinajstić information content (AvgIpc) is 2.51. The third kappa shape index (κ3) is 18.1. The van der Waals surface area contributed by atoms with Gasteiger partial charge >= 0.3 is 0 Å². The van der Waals surface area contributed by atoms with E-state index in [4.69, 9.17) is 0 Å². The molecule has 0 rings (SSSR count). The van der Waals surface area contributed by atoms with Gasteiger partial charge in [-0.25, -0.2) is 8.42 Å². The maximum atomic E-state index is 11.8. The molecule has 0 saturated carbocycles. The Balaban J connectivity index is 3.58. The summed E-state index contributed by atoms with van der Waals surface area (Å²) in [5.74, 6) is -0.227. The Bertz CT molecular complexity index is 464. The van der Waals surface area contributed by atoms with Crippen molar-refractivity contribution in [3.8, 4) is 0 Å². The van der Waals surface area contributed by atoms with Crippen LogP contribution in [0.15, 0.2) is 0 Å². The summed E-state index contributed by atoms with van der Waals surface area (Å²) in [6, 6.07) is 0. The van der Waals surface area contributed by atoms with Gasteiger partial charge in [0.2, 0.25) is 5.91 Å². The van der Waals surface area contributed by atoms with E-state index in [9.17, 15) is 17.8 Å². The highest BCUT2D eigenvalue weighted by Gasteiger charge is 2.15. The first kappa shape index (κ1) is 25.3. The molecule has 0 aliphatic rings. The second-order valence-corrected chi connectivity index (χ2v) is 9.45. The summed E-state index contributed by atoms with van der Waals surface area (Å²) < 4.78 is 32.5. The number of carbonyl (C=O) groups excluding carboxylic acids is 1. The van der Waals surface area contributed by atoms with Crippen LogP contribution in [-0.2, 0) is 14.9 Å². The third-order valence-corrected chi connectivity index (χ3v) is 5.49. The van der Waals surface area contributed by atoms with Crippen molar-refractivity contribution in [3.63, 3.8) is 0 Å². The fourth-order valence-corrected chi connectivity index (χ4v) is 3.45. The Morgan fingerprint density at radius 2 is 1.42 bits per heavy atom. The van der Waals surface area contributed by atoms with Crippen LogP contribution in [0.1, 0.15) is 77.6 Å². The monoisotopic (exact) mass is 392 g/mol. The van der Waals surface area contributed by atoms with Gasteiger partial charge in [-0.15, -0.1) is 0 Å². The molecule has 0 heterocycles. The molecule has 0 aliphatic heterocycles. The number of carbonyl (C=O) groups is 1. The topological polar surface area (TPSA) is 86.3 Å². The molecule has 0 unspecified atom stereocenters. The fourth-order valence-electron chi connectivity index (χ4n) is 2.96. The fraction of sp³-hybridized carbons (Fsp3) is 0.947. The normalized spacial score (nSPS) is 12.3. The molecule has 1 N–H and O–H groups in total. The largest absolute Gasteiger partial charge is 0.748 e. The summed E-state index contributed by atoms with van der Waals surface area (Å²) in [5, 5.41) is 2.94. The predicted octanol–water partition coefficient (Wildman–Crippen LogP) is 3.04. The van der Waals surface area contributed by atoms with E-state index >= 15 is 0 Å². The van der Waals surface area contributed by atoms with Crippen molar-refractivity contribution in [1.29, 1.82) is 0 Å². The van der Waals surface area contributed by atoms with E-state index in [1.165, 1.54) is 44.9 Å². The number of hydrogen-bond donors (Lipinski definition) is 1. The van der Waals surface area contributed by atoms with Crippen LogP contribution in [0.3, 0.4) is 0 Å². The number of likely N-dealkylation sites (N-methyl/N-ethyl adjacent to an activating group) is 1. The van der Waals surface area contributed by atoms with Gasteiger partial charge in [0.15, 0.2) is 0 Å². The predicted molar refractivity (Wildman–Crippen MR) is 106 cm³/mol. The van der Waals surface area contributed by atoms with Crippen molar-refractivity contribution in [2.24, 2.45) is 0 Å². The second-order valence-electron chi connectivity index (χ2n) is 7.93. The second kappa shape index (κ2) is 14.4. The van der Waals surface area contributed by atoms with E-state index in [2.05, 4.69) is 12.2 Å². The maximum Gasteiger partial charge on any atom is 0.220 e. The van der Waals surface area contributed by atoms with E-state index < -0.39 is 10.1 Å². The smallest absolute Gasteiger partial charge is 0.220 e. The zero-order valence-electron chi connectivity index (χ0n) is 17.1. The summed E-state index contributed by atoms with van der Waals surface area (Å²) in [4.78, 5) is 11.8. The molecule has 26 heavy (non-hydrogen) atoms. The molecule has 0 aliphatic carbocycles. The number of nitrogens with one attached hydrogen (secondary N) is 1. The number of quaternary nitrogens is 1. The summed E-state index contributed by atoms with van der Waals surface area (Å²) in [5.41, 5.74) is 0. The third-order valence-electron chi connectivity index (χ3n) is 4.70. The van der Waals surface area contributed by atoms with Gasteiger partial charge in [-0.05, 0) is 6.42 Å². The minimum atomic E-state index is -4.13. The average molecular weight is 393 g/mol. The highest BCUT2D eigenvalue weighted by atomic mass is 32.2. The molecule has 0 atom stereocenters. The number of amides is 1. The highest BCUT2D eigenvalue weighted by molar-refractivity contribution is 7.85. The van der Waals surface area contributed by atoms with E-state index in [-0.39, 0.29) is 11.7 Å². The van der Waals surface area contributed by atoms with Crippen LogP contribution >= 0.6 is 0 Å². The molecule has 7 heteroatoms. The molecule has 0 spiro atoms. The van der Waals surface area contributed by atoms with Gasteiger partial charge in [0.25, 0.3) is 0 Å². The zero-order valence-corrected chi connectivity index (χ0v) is 17.9. The number of nitrogens with zero attached hydrogens (tertiary/aromatic N) is 1. The summed E-state index contributed by atoms with van der Waals surface area (Å²) in [7, 11) is -0.181. The minimum absolute atomic E-state index is 0.0927. The molecule has 0 radical (unpaired) electrons. The lowest BCUT2D eigenvalue weighted by molar-refractivity contribution is -0.889. The van der Waals surface area contributed by atoms with Gasteiger partial charge in [-0.2, -0.15) is 0 Å². The standard InChI is InChI=1S/C19H40N2O4S/c1-4-5-6-7-8-9-10-11-12-14-19(22)20-15-17-21(2,3)16-13-18-26(23,24)25/h4-18H2,1-3H3,(H-,20,22,23,24,25). The summed E-state index contributed by atoms with van der Waals surface area (Å²) in [6.07, 6.45) is 12.1. The zero-order chi connectivity index (χ0) is 19.9. The van der Waals surface area contributed by atoms with Crippen molar-refractivity contribution >= 4 is 16.0 Å². The molecule has 0 fully saturated rings. The van der Waals surface area contributed by atoms with Gasteiger partial charge in [0, 0.05) is 18.6 Å². The number of rotatable bonds is 17. The van der Waals surface area contributed by atoms with Crippen LogP contribution in [0, 0.1) is 0 Å². The lowest BCUT2D eigenvalue weighted by atomic mass is 10.1. The molecule has 0 aromatic rings. The molecule has 156 valence electrons.